The summed E-state index contributed by atoms with van der Waals surface area (Å²) in [5, 5.41) is 10.1. The van der Waals surface area contributed by atoms with Crippen molar-refractivity contribution in [1.29, 1.82) is 0 Å². The van der Waals surface area contributed by atoms with E-state index >= 15 is 0 Å². The maximum Gasteiger partial charge on any atom is 0.0648 e. The predicted octanol–water partition coefficient (Wildman–Crippen LogP) is 2.41. The molecule has 1 atom stereocenters. The molecule has 1 aliphatic carbocycles. The Morgan fingerprint density at radius 2 is 2.13 bits per heavy atom. The average molecular weight is 211 g/mol. The van der Waals surface area contributed by atoms with Gasteiger partial charge in [-0.2, -0.15) is 0 Å². The van der Waals surface area contributed by atoms with Crippen LogP contribution in [0.5, 0.6) is 0 Å². The zero-order valence-electron chi connectivity index (χ0n) is 10.0. The summed E-state index contributed by atoms with van der Waals surface area (Å²) in [6.45, 7) is 6.01. The third-order valence-corrected chi connectivity index (χ3v) is 4.35. The van der Waals surface area contributed by atoms with Crippen LogP contribution in [0.2, 0.25) is 0 Å². The summed E-state index contributed by atoms with van der Waals surface area (Å²) >= 11 is 0. The van der Waals surface area contributed by atoms with E-state index in [1.807, 2.05) is 0 Å². The summed E-state index contributed by atoms with van der Waals surface area (Å²) < 4.78 is 0. The standard InChI is InChI=1S/C13H25NO/c1-2-14-10-3-5-12(11-14)6-9-13(15)7-4-8-13/h12,15H,2-11H2,1H3. The van der Waals surface area contributed by atoms with Crippen LogP contribution < -0.4 is 0 Å². The van der Waals surface area contributed by atoms with Gasteiger partial charge in [0, 0.05) is 6.54 Å². The van der Waals surface area contributed by atoms with Gasteiger partial charge in [-0.05, 0) is 64.0 Å². The van der Waals surface area contributed by atoms with Gasteiger partial charge in [-0.1, -0.05) is 6.92 Å². The molecule has 2 heteroatoms. The first-order chi connectivity index (χ1) is 7.22. The molecule has 1 unspecified atom stereocenters. The minimum absolute atomic E-state index is 0.255. The fourth-order valence-corrected chi connectivity index (χ4v) is 2.98. The minimum atomic E-state index is -0.255. The van der Waals surface area contributed by atoms with Crippen molar-refractivity contribution in [3.63, 3.8) is 0 Å². The maximum atomic E-state index is 10.1. The molecule has 0 amide bonds. The first-order valence-corrected chi connectivity index (χ1v) is 6.66. The second-order valence-electron chi connectivity index (χ2n) is 5.52. The molecule has 0 spiro atoms. The van der Waals surface area contributed by atoms with Gasteiger partial charge in [-0.25, -0.2) is 0 Å². The fourth-order valence-electron chi connectivity index (χ4n) is 2.98. The van der Waals surface area contributed by atoms with Gasteiger partial charge in [0.15, 0.2) is 0 Å². The van der Waals surface area contributed by atoms with E-state index in [1.165, 1.54) is 45.3 Å². The molecular formula is C13H25NO. The Labute approximate surface area is 93.7 Å². The van der Waals surface area contributed by atoms with Crippen molar-refractivity contribution in [3.05, 3.63) is 0 Å². The molecule has 0 aromatic rings. The van der Waals surface area contributed by atoms with Crippen molar-refractivity contribution in [2.75, 3.05) is 19.6 Å². The average Bonchev–Trinajstić information content (AvgIpc) is 2.24. The number of likely N-dealkylation sites (tertiary alicyclic amines) is 1. The topological polar surface area (TPSA) is 23.5 Å². The van der Waals surface area contributed by atoms with Crippen molar-refractivity contribution >= 4 is 0 Å². The van der Waals surface area contributed by atoms with Crippen LogP contribution in [0.25, 0.3) is 0 Å². The quantitative estimate of drug-likeness (QED) is 0.772. The highest BCUT2D eigenvalue weighted by atomic mass is 16.3. The number of piperidine rings is 1. The van der Waals surface area contributed by atoms with Gasteiger partial charge in [0.1, 0.15) is 0 Å². The molecular weight excluding hydrogens is 186 g/mol. The first-order valence-electron chi connectivity index (χ1n) is 6.66. The Morgan fingerprint density at radius 1 is 1.33 bits per heavy atom. The molecule has 1 saturated carbocycles. The maximum absolute atomic E-state index is 10.1. The number of hydrogen-bond donors (Lipinski definition) is 1. The van der Waals surface area contributed by atoms with Crippen LogP contribution in [-0.2, 0) is 0 Å². The molecule has 0 bridgehead atoms. The van der Waals surface area contributed by atoms with Crippen molar-refractivity contribution in [2.24, 2.45) is 5.92 Å². The predicted molar refractivity (Wildman–Crippen MR) is 62.9 cm³/mol. The highest BCUT2D eigenvalue weighted by molar-refractivity contribution is 4.88. The Balaban J connectivity index is 1.69. The van der Waals surface area contributed by atoms with Crippen molar-refractivity contribution in [1.82, 2.24) is 4.90 Å². The van der Waals surface area contributed by atoms with Crippen molar-refractivity contribution < 1.29 is 5.11 Å². The van der Waals surface area contributed by atoms with E-state index in [1.54, 1.807) is 0 Å². The largest absolute Gasteiger partial charge is 0.390 e. The van der Waals surface area contributed by atoms with Gasteiger partial charge in [0.05, 0.1) is 5.60 Å². The van der Waals surface area contributed by atoms with Gasteiger partial charge in [0.25, 0.3) is 0 Å². The first kappa shape index (κ1) is 11.4. The van der Waals surface area contributed by atoms with Crippen LogP contribution in [0.4, 0.5) is 0 Å². The molecule has 1 aliphatic heterocycles. The number of nitrogens with zero attached hydrogens (tertiary/aromatic N) is 1. The lowest BCUT2D eigenvalue weighted by molar-refractivity contribution is -0.0465. The van der Waals surface area contributed by atoms with Crippen LogP contribution in [0, 0.1) is 5.92 Å². The third kappa shape index (κ3) is 2.94. The van der Waals surface area contributed by atoms with E-state index in [0.29, 0.717) is 0 Å². The molecule has 2 rings (SSSR count). The van der Waals surface area contributed by atoms with Crippen molar-refractivity contribution in [3.8, 4) is 0 Å². The fraction of sp³-hybridized carbons (Fsp3) is 1.00. The lowest BCUT2D eigenvalue weighted by Gasteiger charge is -2.39. The van der Waals surface area contributed by atoms with E-state index in [9.17, 15) is 5.11 Å². The summed E-state index contributed by atoms with van der Waals surface area (Å²) in [5.41, 5.74) is -0.255. The number of rotatable bonds is 4. The summed E-state index contributed by atoms with van der Waals surface area (Å²) in [6.07, 6.45) is 8.38. The highest BCUT2D eigenvalue weighted by Gasteiger charge is 2.34. The van der Waals surface area contributed by atoms with E-state index in [4.69, 9.17) is 0 Å². The molecule has 15 heavy (non-hydrogen) atoms. The van der Waals surface area contributed by atoms with E-state index < -0.39 is 0 Å². The van der Waals surface area contributed by atoms with Gasteiger partial charge in [0.2, 0.25) is 0 Å². The Bertz CT molecular complexity index is 201. The second kappa shape index (κ2) is 4.84. The van der Waals surface area contributed by atoms with E-state index in [-0.39, 0.29) is 5.60 Å². The van der Waals surface area contributed by atoms with Gasteiger partial charge >= 0.3 is 0 Å². The summed E-state index contributed by atoms with van der Waals surface area (Å²) in [4.78, 5) is 2.55. The van der Waals surface area contributed by atoms with Gasteiger partial charge in [-0.15, -0.1) is 0 Å². The number of aliphatic hydroxyl groups is 1. The van der Waals surface area contributed by atoms with E-state index in [2.05, 4.69) is 11.8 Å². The smallest absolute Gasteiger partial charge is 0.0648 e. The van der Waals surface area contributed by atoms with Crippen LogP contribution in [-0.4, -0.2) is 35.2 Å². The second-order valence-corrected chi connectivity index (χ2v) is 5.52. The van der Waals surface area contributed by atoms with Crippen LogP contribution in [0.15, 0.2) is 0 Å². The molecule has 2 nitrogen and oxygen atoms in total. The van der Waals surface area contributed by atoms with Crippen LogP contribution >= 0.6 is 0 Å². The van der Waals surface area contributed by atoms with Gasteiger partial charge < -0.3 is 10.0 Å². The Hall–Kier alpha value is -0.0800. The number of hydrogen-bond acceptors (Lipinski definition) is 2. The molecule has 1 saturated heterocycles. The molecule has 2 fully saturated rings. The molecule has 88 valence electrons. The Kier molecular flexibility index (Phi) is 3.68. The molecule has 2 aliphatic rings. The van der Waals surface area contributed by atoms with Crippen LogP contribution in [0.1, 0.15) is 51.9 Å². The molecule has 0 radical (unpaired) electrons. The molecule has 0 aromatic heterocycles. The van der Waals surface area contributed by atoms with Crippen molar-refractivity contribution in [2.45, 2.75) is 57.5 Å². The zero-order chi connectivity index (χ0) is 10.7. The molecule has 1 heterocycles. The van der Waals surface area contributed by atoms with Gasteiger partial charge in [-0.3, -0.25) is 0 Å². The summed E-state index contributed by atoms with van der Waals surface area (Å²) in [7, 11) is 0. The zero-order valence-corrected chi connectivity index (χ0v) is 10.0. The Morgan fingerprint density at radius 3 is 2.73 bits per heavy atom. The highest BCUT2D eigenvalue weighted by Crippen LogP contribution is 2.37. The third-order valence-electron chi connectivity index (χ3n) is 4.35. The van der Waals surface area contributed by atoms with E-state index in [0.717, 1.165) is 25.2 Å². The SMILES string of the molecule is CCN1CCCC(CCC2(O)CCC2)C1. The minimum Gasteiger partial charge on any atom is -0.390 e. The molecule has 0 aromatic carbocycles. The van der Waals surface area contributed by atoms with Crippen LogP contribution in [0.3, 0.4) is 0 Å². The summed E-state index contributed by atoms with van der Waals surface area (Å²) in [5.74, 6) is 0.850. The lowest BCUT2D eigenvalue weighted by Crippen LogP contribution is -2.39. The molecule has 1 N–H and O–H groups in total. The monoisotopic (exact) mass is 211 g/mol. The lowest BCUT2D eigenvalue weighted by atomic mass is 9.75. The normalized spacial score (nSPS) is 31.2. The summed E-state index contributed by atoms with van der Waals surface area (Å²) in [6, 6.07) is 0.